The highest BCUT2D eigenvalue weighted by atomic mass is 32.1. The van der Waals surface area contributed by atoms with E-state index in [0.29, 0.717) is 32.1 Å². The largest absolute Gasteiger partial charge is 0.368 e. The molecular formula is C28H37N9O2S. The number of carbonyl (C=O) groups excluding carboxylic acids is 2. The number of aromatic nitrogens is 3. The molecule has 12 heteroatoms. The highest BCUT2D eigenvalue weighted by Gasteiger charge is 2.23. The molecule has 0 radical (unpaired) electrons. The molecule has 4 heterocycles. The minimum absolute atomic E-state index is 0.115. The smallest absolute Gasteiger partial charge is 0.227 e. The fourth-order valence-corrected chi connectivity index (χ4v) is 6.15. The molecule has 3 aromatic rings. The molecular weight excluding hydrogens is 526 g/mol. The molecule has 2 fully saturated rings. The fraction of sp³-hybridized carbons (Fsp3) is 0.464. The van der Waals surface area contributed by atoms with E-state index in [9.17, 15) is 9.59 Å². The predicted octanol–water partition coefficient (Wildman–Crippen LogP) is 3.34. The molecule has 212 valence electrons. The Labute approximate surface area is 239 Å². The maximum atomic E-state index is 11.9. The molecule has 0 saturated carbocycles. The van der Waals surface area contributed by atoms with E-state index in [1.165, 1.54) is 0 Å². The Balaban J connectivity index is 1.44. The van der Waals surface area contributed by atoms with Gasteiger partial charge in [0.05, 0.1) is 16.3 Å². The lowest BCUT2D eigenvalue weighted by molar-refractivity contribution is -0.129. The summed E-state index contributed by atoms with van der Waals surface area (Å²) in [5.41, 5.74) is 5.85. The van der Waals surface area contributed by atoms with Crippen molar-refractivity contribution in [3.8, 4) is 10.6 Å². The van der Waals surface area contributed by atoms with E-state index in [0.717, 1.165) is 70.2 Å². The first kappa shape index (κ1) is 27.6. The van der Waals surface area contributed by atoms with Crippen LogP contribution in [0, 0.1) is 13.8 Å². The minimum atomic E-state index is 0.115. The number of thiazole rings is 1. The summed E-state index contributed by atoms with van der Waals surface area (Å²) >= 11 is 1.58. The third-order valence-electron chi connectivity index (χ3n) is 7.54. The number of benzene rings is 1. The van der Waals surface area contributed by atoms with E-state index in [1.54, 1.807) is 25.2 Å². The average Bonchev–Trinajstić information content (AvgIpc) is 3.34. The van der Waals surface area contributed by atoms with Crippen molar-refractivity contribution in [2.24, 2.45) is 0 Å². The molecule has 0 atom stereocenters. The van der Waals surface area contributed by atoms with E-state index in [2.05, 4.69) is 48.6 Å². The van der Waals surface area contributed by atoms with E-state index < -0.39 is 0 Å². The molecule has 0 unspecified atom stereocenters. The van der Waals surface area contributed by atoms with Crippen LogP contribution in [-0.2, 0) is 9.59 Å². The fourth-order valence-electron chi connectivity index (χ4n) is 5.18. The lowest BCUT2D eigenvalue weighted by Gasteiger charge is -2.38. The van der Waals surface area contributed by atoms with Crippen molar-refractivity contribution < 1.29 is 9.59 Å². The van der Waals surface area contributed by atoms with Crippen LogP contribution >= 0.6 is 11.3 Å². The van der Waals surface area contributed by atoms with Gasteiger partial charge in [-0.2, -0.15) is 0 Å². The summed E-state index contributed by atoms with van der Waals surface area (Å²) in [6.45, 7) is 13.1. The zero-order valence-corrected chi connectivity index (χ0v) is 24.6. The van der Waals surface area contributed by atoms with Crippen molar-refractivity contribution >= 4 is 51.3 Å². The van der Waals surface area contributed by atoms with Crippen molar-refractivity contribution in [3.63, 3.8) is 0 Å². The second kappa shape index (κ2) is 11.7. The Morgan fingerprint density at radius 3 is 1.85 bits per heavy atom. The first-order chi connectivity index (χ1) is 19.2. The molecule has 40 heavy (non-hydrogen) atoms. The first-order valence-corrected chi connectivity index (χ1v) is 14.5. The number of rotatable bonds is 6. The summed E-state index contributed by atoms with van der Waals surface area (Å²) in [7, 11) is 1.87. The Hall–Kier alpha value is -3.93. The van der Waals surface area contributed by atoms with Gasteiger partial charge in [-0.25, -0.2) is 15.0 Å². The van der Waals surface area contributed by atoms with Gasteiger partial charge in [-0.3, -0.25) is 9.59 Å². The number of piperazine rings is 2. The topological polar surface area (TPSA) is 110 Å². The molecule has 2 aromatic heterocycles. The molecule has 2 amide bonds. The molecule has 0 aliphatic carbocycles. The van der Waals surface area contributed by atoms with Crippen molar-refractivity contribution in [3.05, 3.63) is 35.7 Å². The maximum absolute atomic E-state index is 11.9. The third kappa shape index (κ3) is 5.96. The molecule has 11 nitrogen and oxygen atoms in total. The average molecular weight is 564 g/mol. The lowest BCUT2D eigenvalue weighted by atomic mass is 10.1. The molecule has 2 saturated heterocycles. The van der Waals surface area contributed by atoms with Gasteiger partial charge in [0.25, 0.3) is 0 Å². The van der Waals surface area contributed by atoms with Crippen LogP contribution in [0.5, 0.6) is 0 Å². The van der Waals surface area contributed by atoms with Gasteiger partial charge in [0.15, 0.2) is 5.13 Å². The predicted molar refractivity (Wildman–Crippen MR) is 161 cm³/mol. The second-order valence-corrected chi connectivity index (χ2v) is 11.3. The highest BCUT2D eigenvalue weighted by molar-refractivity contribution is 7.19. The van der Waals surface area contributed by atoms with Crippen LogP contribution < -0.4 is 20.4 Å². The number of nitrogens with zero attached hydrogens (tertiary/aromatic N) is 7. The monoisotopic (exact) mass is 563 g/mol. The summed E-state index contributed by atoms with van der Waals surface area (Å²) in [5.74, 6) is 0.749. The van der Waals surface area contributed by atoms with Gasteiger partial charge in [-0.15, -0.1) is 0 Å². The molecule has 2 aliphatic rings. The zero-order valence-electron chi connectivity index (χ0n) is 23.8. The normalized spacial score (nSPS) is 15.8. The number of carbonyl (C=O) groups is 2. The number of nitrogens with one attached hydrogen (secondary N) is 2. The summed E-state index contributed by atoms with van der Waals surface area (Å²) in [4.78, 5) is 47.3. The van der Waals surface area contributed by atoms with Gasteiger partial charge in [0, 0.05) is 96.5 Å². The Kier molecular flexibility index (Phi) is 8.06. The third-order valence-corrected chi connectivity index (χ3v) is 8.72. The Bertz CT molecular complexity index is 1340. The van der Waals surface area contributed by atoms with Crippen molar-refractivity contribution in [2.45, 2.75) is 27.7 Å². The van der Waals surface area contributed by atoms with Crippen LogP contribution in [0.1, 0.15) is 25.1 Å². The van der Waals surface area contributed by atoms with Gasteiger partial charge >= 0.3 is 0 Å². The summed E-state index contributed by atoms with van der Waals surface area (Å²) in [6, 6.07) is 6.46. The number of hydrogen-bond acceptors (Lipinski definition) is 10. The molecule has 2 aliphatic heterocycles. The molecule has 0 spiro atoms. The number of aryl methyl sites for hydroxylation is 2. The van der Waals surface area contributed by atoms with E-state index in [-0.39, 0.29) is 11.8 Å². The van der Waals surface area contributed by atoms with Crippen LogP contribution in [0.2, 0.25) is 0 Å². The van der Waals surface area contributed by atoms with Gasteiger partial charge < -0.3 is 30.2 Å². The van der Waals surface area contributed by atoms with Gasteiger partial charge in [-0.05, 0) is 37.6 Å². The maximum Gasteiger partial charge on any atom is 0.227 e. The minimum Gasteiger partial charge on any atom is -0.368 e. The second-order valence-electron chi connectivity index (χ2n) is 10.3. The van der Waals surface area contributed by atoms with E-state index >= 15 is 0 Å². The SMILES string of the molecule is CNc1nc(C)c(-c2nc(Nc3cc(N4CCN(C(C)=O)CC4)cc(N4CCN(C(C)=O)CC4)c3)ncc2C)s1. The first-order valence-electron chi connectivity index (χ1n) is 13.6. The number of anilines is 5. The quantitative estimate of drug-likeness (QED) is 0.467. The van der Waals surface area contributed by atoms with Crippen LogP contribution in [0.15, 0.2) is 24.4 Å². The van der Waals surface area contributed by atoms with Crippen molar-refractivity contribution in [2.75, 3.05) is 79.8 Å². The van der Waals surface area contributed by atoms with Crippen LogP contribution in [0.4, 0.5) is 28.1 Å². The van der Waals surface area contributed by atoms with Gasteiger partial charge in [0.2, 0.25) is 17.8 Å². The lowest BCUT2D eigenvalue weighted by Crippen LogP contribution is -2.49. The van der Waals surface area contributed by atoms with E-state index in [1.807, 2.05) is 36.9 Å². The molecule has 0 bridgehead atoms. The summed E-state index contributed by atoms with van der Waals surface area (Å²) < 4.78 is 0. The van der Waals surface area contributed by atoms with Crippen LogP contribution in [-0.4, -0.2) is 96.0 Å². The van der Waals surface area contributed by atoms with Gasteiger partial charge in [-0.1, -0.05) is 11.3 Å². The van der Waals surface area contributed by atoms with Gasteiger partial charge in [0.1, 0.15) is 0 Å². The number of amides is 2. The van der Waals surface area contributed by atoms with Crippen molar-refractivity contribution in [1.29, 1.82) is 0 Å². The van der Waals surface area contributed by atoms with E-state index in [4.69, 9.17) is 4.98 Å². The summed E-state index contributed by atoms with van der Waals surface area (Å²) in [6.07, 6.45) is 1.84. The summed E-state index contributed by atoms with van der Waals surface area (Å²) in [5, 5.41) is 7.43. The van der Waals surface area contributed by atoms with Crippen LogP contribution in [0.25, 0.3) is 10.6 Å². The molecule has 1 aromatic carbocycles. The molecule has 5 rings (SSSR count). The molecule has 2 N–H and O–H groups in total. The standard InChI is InChI=1S/C28H37N9O2S/c1-18-17-30-27(33-25(18)26-19(2)31-28(29-5)40-26)32-22-14-23(36-10-6-34(7-11-36)20(3)38)16-24(15-22)37-12-8-35(9-13-37)21(4)39/h14-17H,6-13H2,1-5H3,(H,29,31)(H,30,32,33). The highest BCUT2D eigenvalue weighted by Crippen LogP contribution is 2.35. The Morgan fingerprint density at radius 2 is 1.38 bits per heavy atom. The number of hydrogen-bond donors (Lipinski definition) is 2. The van der Waals surface area contributed by atoms with Crippen LogP contribution in [0.3, 0.4) is 0 Å². The zero-order chi connectivity index (χ0) is 28.4. The van der Waals surface area contributed by atoms with Crippen molar-refractivity contribution in [1.82, 2.24) is 24.8 Å². The Morgan fingerprint density at radius 1 is 0.825 bits per heavy atom.